The van der Waals surface area contributed by atoms with Crippen LogP contribution in [0.25, 0.3) is 0 Å². The van der Waals surface area contributed by atoms with E-state index in [0.29, 0.717) is 12.0 Å². The minimum absolute atomic E-state index is 0.211. The molecule has 0 aliphatic carbocycles. The predicted octanol–water partition coefficient (Wildman–Crippen LogP) is 7.32. The van der Waals surface area contributed by atoms with Crippen LogP contribution < -0.4 is 10.6 Å². The predicted molar refractivity (Wildman–Crippen MR) is 190 cm³/mol. The van der Waals surface area contributed by atoms with Crippen molar-refractivity contribution in [1.29, 1.82) is 0 Å². The largest absolute Gasteiger partial charge is 0.458 e. The Kier molecular flexibility index (Phi) is 15.6. The Morgan fingerprint density at radius 1 is 0.750 bits per heavy atom. The zero-order chi connectivity index (χ0) is 36.1. The van der Waals surface area contributed by atoms with Gasteiger partial charge in [-0.1, -0.05) is 102 Å². The zero-order valence-electron chi connectivity index (χ0n) is 30.9. The summed E-state index contributed by atoms with van der Waals surface area (Å²) in [5, 5.41) is 5.75. The quantitative estimate of drug-likeness (QED) is 0.144. The van der Waals surface area contributed by atoms with Crippen molar-refractivity contribution in [2.45, 2.75) is 137 Å². The molecule has 9 heteroatoms. The maximum Gasteiger partial charge on any atom is 0.408 e. The summed E-state index contributed by atoms with van der Waals surface area (Å²) in [6.07, 6.45) is 3.82. The third kappa shape index (κ3) is 13.7. The molecule has 0 bridgehead atoms. The number of alkyl carbamates (subject to hydrolysis) is 1. The van der Waals surface area contributed by atoms with E-state index >= 15 is 0 Å². The van der Waals surface area contributed by atoms with Crippen LogP contribution in [0.1, 0.15) is 118 Å². The van der Waals surface area contributed by atoms with E-state index in [1.807, 2.05) is 75.4 Å². The lowest BCUT2D eigenvalue weighted by molar-refractivity contribution is -0.159. The lowest BCUT2D eigenvalue weighted by atomic mass is 9.96. The molecule has 0 aromatic heterocycles. The minimum Gasteiger partial charge on any atom is -0.458 e. The number of nitrogens with one attached hydrogen (secondary N) is 2. The summed E-state index contributed by atoms with van der Waals surface area (Å²) in [6.45, 7) is 18.8. The second-order valence-corrected chi connectivity index (χ2v) is 14.7. The molecule has 0 saturated carbocycles. The van der Waals surface area contributed by atoms with Gasteiger partial charge in [-0.3, -0.25) is 9.59 Å². The van der Waals surface area contributed by atoms with E-state index in [4.69, 9.17) is 9.47 Å². The topological polar surface area (TPSA) is 114 Å². The van der Waals surface area contributed by atoms with Gasteiger partial charge in [-0.15, -0.1) is 0 Å². The third-order valence-electron chi connectivity index (χ3n) is 7.69. The number of hydrogen-bond acceptors (Lipinski definition) is 6. The molecule has 0 radical (unpaired) electrons. The van der Waals surface area contributed by atoms with Gasteiger partial charge >= 0.3 is 12.1 Å². The summed E-state index contributed by atoms with van der Waals surface area (Å²) in [5.41, 5.74) is 1.02. The van der Waals surface area contributed by atoms with Crippen molar-refractivity contribution in [3.8, 4) is 0 Å². The molecule has 3 atom stereocenters. The molecule has 0 spiro atoms. The summed E-state index contributed by atoms with van der Waals surface area (Å²) >= 11 is 0. The van der Waals surface area contributed by atoms with Gasteiger partial charge in [0.1, 0.15) is 29.3 Å². The van der Waals surface area contributed by atoms with Crippen LogP contribution in [-0.4, -0.2) is 58.6 Å². The molecule has 2 aromatic rings. The van der Waals surface area contributed by atoms with Gasteiger partial charge < -0.3 is 25.0 Å². The SMILES string of the molecule is CCCCCCN(C(=O)C(NC(=O)OC(C)(C)C)C(C)C)C(C(=O)NC(Cc1ccccc1)C(=O)OC(C)(C)C)c1ccc(CC)cc1. The highest BCUT2D eigenvalue weighted by atomic mass is 16.6. The van der Waals surface area contributed by atoms with Crippen LogP contribution in [0, 0.1) is 5.92 Å². The molecule has 0 aliphatic rings. The first kappa shape index (κ1) is 40.3. The molecule has 2 N–H and O–H groups in total. The first-order valence-corrected chi connectivity index (χ1v) is 17.4. The van der Waals surface area contributed by atoms with E-state index in [-0.39, 0.29) is 18.9 Å². The Hall–Kier alpha value is -3.88. The van der Waals surface area contributed by atoms with Crippen molar-refractivity contribution in [2.24, 2.45) is 5.92 Å². The molecule has 0 aliphatic heterocycles. The fourth-order valence-corrected chi connectivity index (χ4v) is 5.28. The number of ether oxygens (including phenoxy) is 2. The van der Waals surface area contributed by atoms with Gasteiger partial charge in [0, 0.05) is 13.0 Å². The highest BCUT2D eigenvalue weighted by Crippen LogP contribution is 2.26. The summed E-state index contributed by atoms with van der Waals surface area (Å²) in [4.78, 5) is 57.2. The van der Waals surface area contributed by atoms with Crippen molar-refractivity contribution in [2.75, 3.05) is 6.54 Å². The summed E-state index contributed by atoms with van der Waals surface area (Å²) in [6, 6.07) is 14.0. The zero-order valence-corrected chi connectivity index (χ0v) is 30.9. The number of esters is 1. The molecule has 2 rings (SSSR count). The van der Waals surface area contributed by atoms with Gasteiger partial charge in [-0.25, -0.2) is 9.59 Å². The van der Waals surface area contributed by atoms with Gasteiger partial charge in [0.15, 0.2) is 0 Å². The molecule has 0 fully saturated rings. The average Bonchev–Trinajstić information content (AvgIpc) is 2.99. The van der Waals surface area contributed by atoms with E-state index in [1.165, 1.54) is 0 Å². The van der Waals surface area contributed by atoms with E-state index in [9.17, 15) is 19.2 Å². The van der Waals surface area contributed by atoms with Crippen molar-refractivity contribution < 1.29 is 28.7 Å². The molecular formula is C39H59N3O6. The number of rotatable bonds is 16. The summed E-state index contributed by atoms with van der Waals surface area (Å²) < 4.78 is 11.2. The van der Waals surface area contributed by atoms with Gasteiger partial charge in [-0.05, 0) is 77.0 Å². The molecule has 3 amide bonds. The summed E-state index contributed by atoms with van der Waals surface area (Å²) in [7, 11) is 0. The number of nitrogens with zero attached hydrogens (tertiary/aromatic N) is 1. The first-order chi connectivity index (χ1) is 22.5. The lowest BCUT2D eigenvalue weighted by Crippen LogP contribution is -2.56. The number of hydrogen-bond donors (Lipinski definition) is 2. The van der Waals surface area contributed by atoms with Gasteiger partial charge in [0.2, 0.25) is 11.8 Å². The first-order valence-electron chi connectivity index (χ1n) is 17.4. The molecule has 3 unspecified atom stereocenters. The van der Waals surface area contributed by atoms with Crippen LogP contribution in [-0.2, 0) is 36.7 Å². The number of unbranched alkanes of at least 4 members (excludes halogenated alkanes) is 3. The number of carbonyl (C=O) groups excluding carboxylic acids is 4. The second kappa shape index (κ2) is 18.6. The van der Waals surface area contributed by atoms with E-state index in [0.717, 1.165) is 36.8 Å². The second-order valence-electron chi connectivity index (χ2n) is 14.7. The maximum absolute atomic E-state index is 14.6. The normalized spacial score (nSPS) is 13.6. The van der Waals surface area contributed by atoms with Crippen LogP contribution >= 0.6 is 0 Å². The molecule has 0 heterocycles. The third-order valence-corrected chi connectivity index (χ3v) is 7.69. The Bertz CT molecular complexity index is 1310. The van der Waals surface area contributed by atoms with Crippen LogP contribution in [0.2, 0.25) is 0 Å². The molecule has 9 nitrogen and oxygen atoms in total. The van der Waals surface area contributed by atoms with Crippen LogP contribution in [0.5, 0.6) is 0 Å². The highest BCUT2D eigenvalue weighted by molar-refractivity contribution is 5.94. The lowest BCUT2D eigenvalue weighted by Gasteiger charge is -2.36. The smallest absolute Gasteiger partial charge is 0.408 e. The van der Waals surface area contributed by atoms with Crippen LogP contribution in [0.15, 0.2) is 54.6 Å². The molecule has 48 heavy (non-hydrogen) atoms. The van der Waals surface area contributed by atoms with Crippen LogP contribution in [0.4, 0.5) is 4.79 Å². The molecule has 266 valence electrons. The number of amides is 3. The van der Waals surface area contributed by atoms with Crippen molar-refractivity contribution in [3.05, 3.63) is 71.3 Å². The van der Waals surface area contributed by atoms with Crippen molar-refractivity contribution in [3.63, 3.8) is 0 Å². The Morgan fingerprint density at radius 2 is 1.35 bits per heavy atom. The minimum atomic E-state index is -1.08. The molecule has 0 saturated heterocycles. The number of aryl methyl sites for hydroxylation is 1. The standard InChI is InChI=1S/C39H59N3O6/c1-11-13-14-18-25-42(35(44)32(27(3)4)41-37(46)48-39(8,9)10)33(30-23-21-28(12-2)22-24-30)34(43)40-31(36(45)47-38(5,6)7)26-29-19-16-15-17-20-29/h15-17,19-24,27,31-33H,11-14,18,25-26H2,1-10H3,(H,40,43)(H,41,46). The highest BCUT2D eigenvalue weighted by Gasteiger charge is 2.39. The van der Waals surface area contributed by atoms with E-state index in [1.54, 1.807) is 46.4 Å². The van der Waals surface area contributed by atoms with E-state index in [2.05, 4.69) is 17.6 Å². The Labute approximate surface area is 288 Å². The molecular weight excluding hydrogens is 606 g/mol. The fourth-order valence-electron chi connectivity index (χ4n) is 5.28. The Morgan fingerprint density at radius 3 is 1.88 bits per heavy atom. The molecule has 2 aromatic carbocycles. The maximum atomic E-state index is 14.6. The van der Waals surface area contributed by atoms with Gasteiger partial charge in [-0.2, -0.15) is 0 Å². The fraction of sp³-hybridized carbons (Fsp3) is 0.590. The summed E-state index contributed by atoms with van der Waals surface area (Å²) in [5.74, 6) is -1.77. The van der Waals surface area contributed by atoms with E-state index < -0.39 is 53.2 Å². The Balaban J connectivity index is 2.63. The number of benzene rings is 2. The van der Waals surface area contributed by atoms with Crippen molar-refractivity contribution in [1.82, 2.24) is 15.5 Å². The van der Waals surface area contributed by atoms with Crippen molar-refractivity contribution >= 4 is 23.9 Å². The average molecular weight is 666 g/mol. The monoisotopic (exact) mass is 665 g/mol. The van der Waals surface area contributed by atoms with Gasteiger partial charge in [0.25, 0.3) is 0 Å². The van der Waals surface area contributed by atoms with Crippen LogP contribution in [0.3, 0.4) is 0 Å². The van der Waals surface area contributed by atoms with Gasteiger partial charge in [0.05, 0.1) is 0 Å². The number of carbonyl (C=O) groups is 4.